The number of anilines is 1. The molecule has 1 aliphatic heterocycles. The van der Waals surface area contributed by atoms with Gasteiger partial charge in [-0.25, -0.2) is 0 Å². The topological polar surface area (TPSA) is 52.7 Å². The Labute approximate surface area is 209 Å². The second kappa shape index (κ2) is 13.0. The van der Waals surface area contributed by atoms with Gasteiger partial charge in [0.25, 0.3) is 5.91 Å². The second-order valence-electron chi connectivity index (χ2n) is 8.07. The molecule has 0 fully saturated rings. The van der Waals surface area contributed by atoms with Crippen molar-refractivity contribution in [2.45, 2.75) is 38.0 Å². The number of amides is 2. The van der Waals surface area contributed by atoms with Crippen LogP contribution in [0.25, 0.3) is 6.08 Å². The van der Waals surface area contributed by atoms with Crippen LogP contribution >= 0.6 is 27.7 Å². The van der Waals surface area contributed by atoms with Crippen LogP contribution in [-0.4, -0.2) is 49.4 Å². The maximum atomic E-state index is 13.3. The van der Waals surface area contributed by atoms with E-state index in [2.05, 4.69) is 40.0 Å². The molecular weight excluding hydrogens is 498 g/mol. The SMILES string of the molecule is CCCN(CCC)CCCNC(=O)CN1C(=O)C(=Cc2cccc(Br)c2)Sc2ccccc21. The zero-order chi connectivity index (χ0) is 23.6. The molecule has 0 aliphatic carbocycles. The fourth-order valence-electron chi connectivity index (χ4n) is 3.86. The highest BCUT2D eigenvalue weighted by molar-refractivity contribution is 9.10. The van der Waals surface area contributed by atoms with E-state index in [9.17, 15) is 9.59 Å². The molecule has 33 heavy (non-hydrogen) atoms. The van der Waals surface area contributed by atoms with Crippen molar-refractivity contribution in [3.63, 3.8) is 0 Å². The number of hydrogen-bond acceptors (Lipinski definition) is 4. The molecule has 0 saturated heterocycles. The van der Waals surface area contributed by atoms with E-state index in [-0.39, 0.29) is 18.4 Å². The van der Waals surface area contributed by atoms with Gasteiger partial charge in [-0.05, 0) is 74.8 Å². The van der Waals surface area contributed by atoms with Crippen molar-refractivity contribution < 1.29 is 9.59 Å². The Balaban J connectivity index is 1.65. The molecule has 2 aromatic carbocycles. The summed E-state index contributed by atoms with van der Waals surface area (Å²) >= 11 is 4.93. The predicted octanol–water partition coefficient (Wildman–Crippen LogP) is 5.56. The van der Waals surface area contributed by atoms with Crippen molar-refractivity contribution >= 4 is 51.3 Å². The third-order valence-corrected chi connectivity index (χ3v) is 6.90. The first kappa shape index (κ1) is 25.5. The van der Waals surface area contributed by atoms with Crippen LogP contribution in [-0.2, 0) is 9.59 Å². The number of nitrogens with zero attached hydrogens (tertiary/aromatic N) is 2. The van der Waals surface area contributed by atoms with Crippen LogP contribution < -0.4 is 10.2 Å². The minimum atomic E-state index is -0.147. The third kappa shape index (κ3) is 7.45. The maximum Gasteiger partial charge on any atom is 0.265 e. The van der Waals surface area contributed by atoms with Gasteiger partial charge in [0.1, 0.15) is 6.54 Å². The first-order chi connectivity index (χ1) is 16.0. The molecule has 1 heterocycles. The Kier molecular flexibility index (Phi) is 10.0. The summed E-state index contributed by atoms with van der Waals surface area (Å²) in [6.07, 6.45) is 5.06. The molecule has 0 saturated carbocycles. The molecule has 3 rings (SSSR count). The standard InChI is InChI=1S/C26H32BrN3O2S/c1-3-14-29(15-4-2)16-8-13-28-25(31)19-30-22-11-5-6-12-23(22)33-24(26(30)32)18-20-9-7-10-21(27)17-20/h5-7,9-12,17-18H,3-4,8,13-16,19H2,1-2H3,(H,28,31). The van der Waals surface area contributed by atoms with Gasteiger partial charge in [0.2, 0.25) is 5.91 Å². The Morgan fingerprint density at radius 1 is 1.09 bits per heavy atom. The number of fused-ring (bicyclic) bond motifs is 1. The van der Waals surface area contributed by atoms with E-state index < -0.39 is 0 Å². The molecule has 0 atom stereocenters. The smallest absolute Gasteiger partial charge is 0.265 e. The molecule has 0 spiro atoms. The second-order valence-corrected chi connectivity index (χ2v) is 10.1. The van der Waals surface area contributed by atoms with E-state index in [1.165, 1.54) is 11.8 Å². The van der Waals surface area contributed by atoms with Gasteiger partial charge in [-0.3, -0.25) is 14.5 Å². The summed E-state index contributed by atoms with van der Waals surface area (Å²) < 4.78 is 0.957. The number of halogens is 1. The summed E-state index contributed by atoms with van der Waals surface area (Å²) in [6.45, 7) is 8.16. The quantitative estimate of drug-likeness (QED) is 0.306. The van der Waals surface area contributed by atoms with Crippen LogP contribution in [0, 0.1) is 0 Å². The lowest BCUT2D eigenvalue weighted by atomic mass is 10.2. The molecule has 7 heteroatoms. The van der Waals surface area contributed by atoms with E-state index in [1.807, 2.05) is 54.6 Å². The average Bonchev–Trinajstić information content (AvgIpc) is 2.80. The molecule has 2 amide bonds. The van der Waals surface area contributed by atoms with Crippen molar-refractivity contribution in [3.05, 3.63) is 63.5 Å². The molecule has 0 radical (unpaired) electrons. The van der Waals surface area contributed by atoms with Crippen molar-refractivity contribution in [2.24, 2.45) is 0 Å². The molecule has 0 aromatic heterocycles. The van der Waals surface area contributed by atoms with Gasteiger partial charge < -0.3 is 10.2 Å². The van der Waals surface area contributed by atoms with Crippen LogP contribution in [0.2, 0.25) is 0 Å². The molecule has 0 bridgehead atoms. The summed E-state index contributed by atoms with van der Waals surface area (Å²) in [5, 5.41) is 3.00. The Bertz CT molecular complexity index is 989. The van der Waals surface area contributed by atoms with Crippen molar-refractivity contribution in [2.75, 3.05) is 37.6 Å². The molecule has 1 aliphatic rings. The third-order valence-electron chi connectivity index (χ3n) is 5.33. The number of thioether (sulfide) groups is 1. The number of hydrogen-bond donors (Lipinski definition) is 1. The zero-order valence-electron chi connectivity index (χ0n) is 19.4. The van der Waals surface area contributed by atoms with E-state index in [4.69, 9.17) is 0 Å². The van der Waals surface area contributed by atoms with Crippen molar-refractivity contribution in [3.8, 4) is 0 Å². The largest absolute Gasteiger partial charge is 0.355 e. The molecule has 1 N–H and O–H groups in total. The van der Waals surface area contributed by atoms with Gasteiger partial charge in [0, 0.05) is 15.9 Å². The van der Waals surface area contributed by atoms with Gasteiger partial charge in [-0.15, -0.1) is 0 Å². The minimum absolute atomic E-state index is 0.0138. The summed E-state index contributed by atoms with van der Waals surface area (Å²) in [6, 6.07) is 15.6. The van der Waals surface area contributed by atoms with Gasteiger partial charge in [-0.1, -0.05) is 65.8 Å². The monoisotopic (exact) mass is 529 g/mol. The lowest BCUT2D eigenvalue weighted by Gasteiger charge is -2.30. The van der Waals surface area contributed by atoms with E-state index in [1.54, 1.807) is 4.90 Å². The van der Waals surface area contributed by atoms with Crippen molar-refractivity contribution in [1.82, 2.24) is 10.2 Å². The molecule has 176 valence electrons. The lowest BCUT2D eigenvalue weighted by molar-refractivity contribution is -0.122. The number of nitrogens with one attached hydrogen (secondary N) is 1. The summed E-state index contributed by atoms with van der Waals surface area (Å²) in [7, 11) is 0. The van der Waals surface area contributed by atoms with E-state index >= 15 is 0 Å². The average molecular weight is 531 g/mol. The Hall–Kier alpha value is -2.09. The number of carbonyl (C=O) groups excluding carboxylic acids is 2. The highest BCUT2D eigenvalue weighted by Gasteiger charge is 2.30. The summed E-state index contributed by atoms with van der Waals surface area (Å²) in [5.41, 5.74) is 1.72. The fourth-order valence-corrected chi connectivity index (χ4v) is 5.34. The highest BCUT2D eigenvalue weighted by Crippen LogP contribution is 2.41. The Morgan fingerprint density at radius 3 is 2.58 bits per heavy atom. The normalized spacial score (nSPS) is 14.6. The summed E-state index contributed by atoms with van der Waals surface area (Å²) in [5.74, 6) is -0.282. The van der Waals surface area contributed by atoms with E-state index in [0.29, 0.717) is 11.4 Å². The molecule has 5 nitrogen and oxygen atoms in total. The van der Waals surface area contributed by atoms with Crippen LogP contribution in [0.4, 0.5) is 5.69 Å². The van der Waals surface area contributed by atoms with Gasteiger partial charge >= 0.3 is 0 Å². The Morgan fingerprint density at radius 2 is 1.85 bits per heavy atom. The van der Waals surface area contributed by atoms with Crippen LogP contribution in [0.5, 0.6) is 0 Å². The van der Waals surface area contributed by atoms with Crippen LogP contribution in [0.15, 0.2) is 62.8 Å². The maximum absolute atomic E-state index is 13.3. The molecule has 0 unspecified atom stereocenters. The molecule has 2 aromatic rings. The number of rotatable bonds is 11. The van der Waals surface area contributed by atoms with Crippen LogP contribution in [0.1, 0.15) is 38.7 Å². The number of para-hydroxylation sites is 1. The fraction of sp³-hybridized carbons (Fsp3) is 0.385. The first-order valence-corrected chi connectivity index (χ1v) is 13.2. The van der Waals surface area contributed by atoms with Crippen LogP contribution in [0.3, 0.4) is 0 Å². The predicted molar refractivity (Wildman–Crippen MR) is 141 cm³/mol. The lowest BCUT2D eigenvalue weighted by Crippen LogP contribution is -2.43. The molecular formula is C26H32BrN3O2S. The van der Waals surface area contributed by atoms with Crippen molar-refractivity contribution in [1.29, 1.82) is 0 Å². The van der Waals surface area contributed by atoms with Gasteiger partial charge in [-0.2, -0.15) is 0 Å². The number of benzene rings is 2. The number of carbonyl (C=O) groups is 2. The van der Waals surface area contributed by atoms with Gasteiger partial charge in [0.05, 0.1) is 10.6 Å². The van der Waals surface area contributed by atoms with Gasteiger partial charge in [0.15, 0.2) is 0 Å². The zero-order valence-corrected chi connectivity index (χ0v) is 21.8. The highest BCUT2D eigenvalue weighted by atomic mass is 79.9. The van der Waals surface area contributed by atoms with E-state index in [0.717, 1.165) is 59.5 Å². The summed E-state index contributed by atoms with van der Waals surface area (Å²) in [4.78, 5) is 31.6. The first-order valence-electron chi connectivity index (χ1n) is 11.6. The minimum Gasteiger partial charge on any atom is -0.355 e.